The summed E-state index contributed by atoms with van der Waals surface area (Å²) < 4.78 is 0. The molecule has 116 valence electrons. The van der Waals surface area contributed by atoms with Crippen molar-refractivity contribution in [2.75, 3.05) is 32.7 Å². The van der Waals surface area contributed by atoms with Gasteiger partial charge in [0.15, 0.2) is 0 Å². The van der Waals surface area contributed by atoms with Crippen LogP contribution in [-0.4, -0.2) is 59.6 Å². The van der Waals surface area contributed by atoms with E-state index in [1.54, 1.807) is 12.1 Å². The van der Waals surface area contributed by atoms with Gasteiger partial charge in [-0.05, 0) is 37.1 Å². The Labute approximate surface area is 126 Å². The number of nitrogens with zero attached hydrogens (tertiary/aromatic N) is 2. The van der Waals surface area contributed by atoms with Crippen LogP contribution < -0.4 is 5.73 Å². The first-order valence-electron chi connectivity index (χ1n) is 7.64. The highest BCUT2D eigenvalue weighted by Crippen LogP contribution is 2.12. The highest BCUT2D eigenvalue weighted by Gasteiger charge is 2.24. The van der Waals surface area contributed by atoms with Crippen molar-refractivity contribution in [2.45, 2.75) is 25.8 Å². The van der Waals surface area contributed by atoms with Gasteiger partial charge < -0.3 is 15.7 Å². The van der Waals surface area contributed by atoms with E-state index in [-0.39, 0.29) is 11.7 Å². The summed E-state index contributed by atoms with van der Waals surface area (Å²) in [6.07, 6.45) is 1.66. The maximum absolute atomic E-state index is 12.4. The number of piperazine rings is 1. The lowest BCUT2D eigenvalue weighted by molar-refractivity contribution is -0.134. The molecule has 0 bridgehead atoms. The van der Waals surface area contributed by atoms with Gasteiger partial charge in [0, 0.05) is 26.2 Å². The number of hydrogen-bond donors (Lipinski definition) is 2. The molecule has 3 N–H and O–H groups in total. The molecule has 0 radical (unpaired) electrons. The molecule has 5 heteroatoms. The maximum Gasteiger partial charge on any atom is 0.239 e. The lowest BCUT2D eigenvalue weighted by Crippen LogP contribution is -2.53. The number of aromatic hydroxyl groups is 1. The molecule has 1 aliphatic rings. The van der Waals surface area contributed by atoms with Crippen LogP contribution in [0.2, 0.25) is 0 Å². The molecule has 1 atom stereocenters. The number of phenolic OH excluding ortho intramolecular Hbond substituents is 1. The SMILES string of the molecule is CCCN1CCN(C(=O)[C@@H](N)Cc2ccc(O)cc2)CC1. The van der Waals surface area contributed by atoms with E-state index in [4.69, 9.17) is 5.73 Å². The normalized spacial score (nSPS) is 17.7. The number of amides is 1. The Hall–Kier alpha value is -1.59. The largest absolute Gasteiger partial charge is 0.508 e. The van der Waals surface area contributed by atoms with Gasteiger partial charge in [-0.3, -0.25) is 9.69 Å². The van der Waals surface area contributed by atoms with Crippen LogP contribution in [-0.2, 0) is 11.2 Å². The number of phenols is 1. The first-order chi connectivity index (χ1) is 10.1. The fraction of sp³-hybridized carbons (Fsp3) is 0.562. The molecule has 1 aliphatic heterocycles. The van der Waals surface area contributed by atoms with E-state index < -0.39 is 6.04 Å². The van der Waals surface area contributed by atoms with Gasteiger partial charge in [-0.25, -0.2) is 0 Å². The molecule has 21 heavy (non-hydrogen) atoms. The van der Waals surface area contributed by atoms with Crippen LogP contribution in [0.1, 0.15) is 18.9 Å². The highest BCUT2D eigenvalue weighted by molar-refractivity contribution is 5.82. The smallest absolute Gasteiger partial charge is 0.239 e. The summed E-state index contributed by atoms with van der Waals surface area (Å²) in [5.41, 5.74) is 7.01. The number of benzene rings is 1. The standard InChI is InChI=1S/C16H25N3O2/c1-2-7-18-8-10-19(11-9-18)16(21)15(17)12-13-3-5-14(20)6-4-13/h3-6,15,20H,2,7-12,17H2,1H3/t15-/m0/s1. The minimum Gasteiger partial charge on any atom is -0.508 e. The minimum absolute atomic E-state index is 0.0271. The molecular formula is C16H25N3O2. The molecule has 2 rings (SSSR count). The molecule has 1 fully saturated rings. The molecule has 1 amide bonds. The molecule has 1 aromatic rings. The van der Waals surface area contributed by atoms with Crippen molar-refractivity contribution in [3.8, 4) is 5.75 Å². The van der Waals surface area contributed by atoms with Crippen LogP contribution in [0.3, 0.4) is 0 Å². The molecule has 0 unspecified atom stereocenters. The van der Waals surface area contributed by atoms with Crippen molar-refractivity contribution in [3.63, 3.8) is 0 Å². The van der Waals surface area contributed by atoms with Crippen LogP contribution in [0.15, 0.2) is 24.3 Å². The molecule has 1 heterocycles. The molecule has 0 aromatic heterocycles. The van der Waals surface area contributed by atoms with E-state index in [2.05, 4.69) is 11.8 Å². The van der Waals surface area contributed by atoms with Crippen molar-refractivity contribution >= 4 is 5.91 Å². The van der Waals surface area contributed by atoms with E-state index in [0.29, 0.717) is 6.42 Å². The molecule has 5 nitrogen and oxygen atoms in total. The van der Waals surface area contributed by atoms with Crippen LogP contribution in [0, 0.1) is 0 Å². The van der Waals surface area contributed by atoms with Gasteiger partial charge in [-0.1, -0.05) is 19.1 Å². The predicted molar refractivity (Wildman–Crippen MR) is 83.1 cm³/mol. The van der Waals surface area contributed by atoms with E-state index in [0.717, 1.165) is 44.7 Å². The molecular weight excluding hydrogens is 266 g/mol. The van der Waals surface area contributed by atoms with Gasteiger partial charge in [0.1, 0.15) is 5.75 Å². The highest BCUT2D eigenvalue weighted by atomic mass is 16.3. The predicted octanol–water partition coefficient (Wildman–Crippen LogP) is 0.816. The average molecular weight is 291 g/mol. The third-order valence-electron chi connectivity index (χ3n) is 3.93. The first kappa shape index (κ1) is 15.8. The van der Waals surface area contributed by atoms with Crippen molar-refractivity contribution in [2.24, 2.45) is 5.73 Å². The van der Waals surface area contributed by atoms with Gasteiger partial charge in [0.05, 0.1) is 6.04 Å². The van der Waals surface area contributed by atoms with Crippen LogP contribution in [0.5, 0.6) is 5.75 Å². The van der Waals surface area contributed by atoms with Gasteiger partial charge >= 0.3 is 0 Å². The summed E-state index contributed by atoms with van der Waals surface area (Å²) >= 11 is 0. The number of rotatable bonds is 5. The molecule has 0 aliphatic carbocycles. The van der Waals surface area contributed by atoms with Gasteiger partial charge in [0.25, 0.3) is 0 Å². The Morgan fingerprint density at radius 1 is 1.24 bits per heavy atom. The number of carbonyl (C=O) groups excluding carboxylic acids is 1. The summed E-state index contributed by atoms with van der Waals surface area (Å²) in [7, 11) is 0. The van der Waals surface area contributed by atoms with Gasteiger partial charge in [0.2, 0.25) is 5.91 Å². The van der Waals surface area contributed by atoms with Crippen LogP contribution >= 0.6 is 0 Å². The van der Waals surface area contributed by atoms with Crippen molar-refractivity contribution in [1.82, 2.24) is 9.80 Å². The minimum atomic E-state index is -0.507. The lowest BCUT2D eigenvalue weighted by atomic mass is 10.0. The maximum atomic E-state index is 12.4. The monoisotopic (exact) mass is 291 g/mol. The Balaban J connectivity index is 1.84. The second-order valence-electron chi connectivity index (χ2n) is 5.64. The fourth-order valence-electron chi connectivity index (χ4n) is 2.72. The van der Waals surface area contributed by atoms with Gasteiger partial charge in [-0.15, -0.1) is 0 Å². The van der Waals surface area contributed by atoms with Crippen LogP contribution in [0.25, 0.3) is 0 Å². The Bertz CT molecular complexity index is 453. The topological polar surface area (TPSA) is 69.8 Å². The van der Waals surface area contributed by atoms with Crippen LogP contribution in [0.4, 0.5) is 0 Å². The van der Waals surface area contributed by atoms with Crippen molar-refractivity contribution < 1.29 is 9.90 Å². The molecule has 1 saturated heterocycles. The summed E-state index contributed by atoms with van der Waals surface area (Å²) in [5, 5.41) is 9.26. The van der Waals surface area contributed by atoms with E-state index in [9.17, 15) is 9.90 Å². The summed E-state index contributed by atoms with van der Waals surface area (Å²) in [6.45, 7) is 6.67. The second kappa shape index (κ2) is 7.43. The Morgan fingerprint density at radius 3 is 2.43 bits per heavy atom. The molecule has 1 aromatic carbocycles. The molecule has 0 saturated carbocycles. The quantitative estimate of drug-likeness (QED) is 0.842. The van der Waals surface area contributed by atoms with Gasteiger partial charge in [-0.2, -0.15) is 0 Å². The third-order valence-corrected chi connectivity index (χ3v) is 3.93. The number of carbonyl (C=O) groups is 1. The summed E-state index contributed by atoms with van der Waals surface area (Å²) in [4.78, 5) is 16.6. The molecule has 0 spiro atoms. The van der Waals surface area contributed by atoms with E-state index in [1.165, 1.54) is 0 Å². The summed E-state index contributed by atoms with van der Waals surface area (Å²) in [6, 6.07) is 6.35. The van der Waals surface area contributed by atoms with E-state index in [1.807, 2.05) is 17.0 Å². The zero-order valence-electron chi connectivity index (χ0n) is 12.7. The Kier molecular flexibility index (Phi) is 5.59. The summed E-state index contributed by atoms with van der Waals surface area (Å²) in [5.74, 6) is 0.255. The van der Waals surface area contributed by atoms with Crippen molar-refractivity contribution in [1.29, 1.82) is 0 Å². The first-order valence-corrected chi connectivity index (χ1v) is 7.64. The van der Waals surface area contributed by atoms with Crippen molar-refractivity contribution in [3.05, 3.63) is 29.8 Å². The zero-order chi connectivity index (χ0) is 15.2. The fourth-order valence-corrected chi connectivity index (χ4v) is 2.72. The zero-order valence-corrected chi connectivity index (χ0v) is 12.7. The lowest BCUT2D eigenvalue weighted by Gasteiger charge is -2.35. The third kappa shape index (κ3) is 4.44. The average Bonchev–Trinajstić information content (AvgIpc) is 2.50. The number of nitrogens with two attached hydrogens (primary N) is 1. The Morgan fingerprint density at radius 2 is 1.86 bits per heavy atom. The van der Waals surface area contributed by atoms with E-state index >= 15 is 0 Å². The number of hydrogen-bond acceptors (Lipinski definition) is 4. The second-order valence-corrected chi connectivity index (χ2v) is 5.64.